The summed E-state index contributed by atoms with van der Waals surface area (Å²) in [7, 11) is 0. The van der Waals surface area contributed by atoms with Crippen LogP contribution in [0.1, 0.15) is 11.4 Å². The maximum atomic E-state index is 12.1. The van der Waals surface area contributed by atoms with Gasteiger partial charge in [0.25, 0.3) is 0 Å². The standard InChI is InChI=1S/C14H13Br2N3O2/c1-8-13(16)9(2)19(14(21)17-8)7-12(20)18-11-5-3-4-10(15)6-11/h3-6H,7H2,1-2H3,(H,18,20). The Bertz CT molecular complexity index is 756. The number of amides is 1. The van der Waals surface area contributed by atoms with Crippen molar-refractivity contribution in [3.8, 4) is 0 Å². The molecule has 1 heterocycles. The summed E-state index contributed by atoms with van der Waals surface area (Å²) >= 11 is 6.71. The SMILES string of the molecule is Cc1nc(=O)n(CC(=O)Nc2cccc(Br)c2)c(C)c1Br. The Morgan fingerprint density at radius 2 is 2.05 bits per heavy atom. The highest BCUT2D eigenvalue weighted by Gasteiger charge is 2.12. The molecule has 0 spiro atoms. The Labute approximate surface area is 138 Å². The molecule has 1 N–H and O–H groups in total. The van der Waals surface area contributed by atoms with E-state index in [9.17, 15) is 9.59 Å². The van der Waals surface area contributed by atoms with Gasteiger partial charge in [0.2, 0.25) is 5.91 Å². The van der Waals surface area contributed by atoms with Gasteiger partial charge in [-0.15, -0.1) is 0 Å². The van der Waals surface area contributed by atoms with Crippen molar-refractivity contribution in [1.29, 1.82) is 0 Å². The smallest absolute Gasteiger partial charge is 0.324 e. The van der Waals surface area contributed by atoms with E-state index < -0.39 is 5.69 Å². The van der Waals surface area contributed by atoms with Crippen molar-refractivity contribution in [3.05, 3.63) is 55.1 Å². The fourth-order valence-electron chi connectivity index (χ4n) is 1.87. The number of halogens is 2. The molecule has 7 heteroatoms. The minimum Gasteiger partial charge on any atom is -0.324 e. The first-order valence-electron chi connectivity index (χ1n) is 6.17. The molecule has 0 fully saturated rings. The maximum Gasteiger partial charge on any atom is 0.348 e. The number of aryl methyl sites for hydroxylation is 1. The summed E-state index contributed by atoms with van der Waals surface area (Å²) in [6.45, 7) is 3.43. The molecule has 2 rings (SSSR count). The second-order valence-corrected chi connectivity index (χ2v) is 6.23. The highest BCUT2D eigenvalue weighted by atomic mass is 79.9. The van der Waals surface area contributed by atoms with E-state index in [1.807, 2.05) is 12.1 Å². The molecule has 1 aromatic heterocycles. The number of aromatic nitrogens is 2. The Balaban J connectivity index is 2.21. The third-order valence-electron chi connectivity index (χ3n) is 2.94. The number of rotatable bonds is 3. The molecule has 110 valence electrons. The highest BCUT2D eigenvalue weighted by Crippen LogP contribution is 2.17. The lowest BCUT2D eigenvalue weighted by Crippen LogP contribution is -2.31. The number of benzene rings is 1. The van der Waals surface area contributed by atoms with E-state index in [1.54, 1.807) is 26.0 Å². The molecular weight excluding hydrogens is 402 g/mol. The van der Waals surface area contributed by atoms with Gasteiger partial charge in [0.1, 0.15) is 6.54 Å². The molecular formula is C14H13Br2N3O2. The summed E-state index contributed by atoms with van der Waals surface area (Å²) in [4.78, 5) is 27.8. The van der Waals surface area contributed by atoms with Gasteiger partial charge in [-0.3, -0.25) is 9.36 Å². The first-order valence-corrected chi connectivity index (χ1v) is 7.76. The molecule has 0 aliphatic heterocycles. The molecule has 21 heavy (non-hydrogen) atoms. The number of hydrogen-bond acceptors (Lipinski definition) is 3. The van der Waals surface area contributed by atoms with E-state index in [-0.39, 0.29) is 12.5 Å². The van der Waals surface area contributed by atoms with Crippen LogP contribution in [0.25, 0.3) is 0 Å². The summed E-state index contributed by atoms with van der Waals surface area (Å²) in [6, 6.07) is 7.25. The van der Waals surface area contributed by atoms with Crippen LogP contribution >= 0.6 is 31.9 Å². The van der Waals surface area contributed by atoms with Crippen LogP contribution in [0, 0.1) is 13.8 Å². The van der Waals surface area contributed by atoms with Crippen molar-refractivity contribution in [2.24, 2.45) is 0 Å². The van der Waals surface area contributed by atoms with Crippen molar-refractivity contribution in [2.75, 3.05) is 5.32 Å². The molecule has 0 aliphatic rings. The number of hydrogen-bond donors (Lipinski definition) is 1. The Kier molecular flexibility index (Phi) is 4.95. The second kappa shape index (κ2) is 6.53. The maximum absolute atomic E-state index is 12.1. The van der Waals surface area contributed by atoms with Crippen molar-refractivity contribution in [2.45, 2.75) is 20.4 Å². The van der Waals surface area contributed by atoms with Crippen LogP contribution in [0.15, 0.2) is 38.0 Å². The quantitative estimate of drug-likeness (QED) is 0.839. The average Bonchev–Trinajstić information content (AvgIpc) is 2.41. The topological polar surface area (TPSA) is 64.0 Å². The van der Waals surface area contributed by atoms with Crippen LogP contribution < -0.4 is 11.0 Å². The van der Waals surface area contributed by atoms with Crippen LogP contribution in [0.4, 0.5) is 5.69 Å². The van der Waals surface area contributed by atoms with Gasteiger partial charge < -0.3 is 5.32 Å². The van der Waals surface area contributed by atoms with Crippen LogP contribution in [0.5, 0.6) is 0 Å². The Morgan fingerprint density at radius 3 is 2.71 bits per heavy atom. The average molecular weight is 415 g/mol. The number of nitrogens with one attached hydrogen (secondary N) is 1. The fourth-order valence-corrected chi connectivity index (χ4v) is 2.58. The van der Waals surface area contributed by atoms with Gasteiger partial charge in [0.05, 0.1) is 10.2 Å². The van der Waals surface area contributed by atoms with Crippen molar-refractivity contribution in [1.82, 2.24) is 9.55 Å². The number of anilines is 1. The minimum atomic E-state index is -0.433. The number of carbonyl (C=O) groups excluding carboxylic acids is 1. The van der Waals surface area contributed by atoms with Crippen molar-refractivity contribution >= 4 is 43.5 Å². The van der Waals surface area contributed by atoms with E-state index in [1.165, 1.54) is 4.57 Å². The van der Waals surface area contributed by atoms with E-state index >= 15 is 0 Å². The molecule has 0 radical (unpaired) electrons. The Morgan fingerprint density at radius 1 is 1.33 bits per heavy atom. The van der Waals surface area contributed by atoms with E-state index in [4.69, 9.17) is 0 Å². The monoisotopic (exact) mass is 413 g/mol. The molecule has 0 aliphatic carbocycles. The predicted molar refractivity (Wildman–Crippen MR) is 88.4 cm³/mol. The normalized spacial score (nSPS) is 10.5. The van der Waals surface area contributed by atoms with Crippen LogP contribution in [0.3, 0.4) is 0 Å². The van der Waals surface area contributed by atoms with Gasteiger partial charge in [-0.25, -0.2) is 4.79 Å². The van der Waals surface area contributed by atoms with Crippen LogP contribution in [0.2, 0.25) is 0 Å². The van der Waals surface area contributed by atoms with Crippen LogP contribution in [-0.4, -0.2) is 15.5 Å². The van der Waals surface area contributed by atoms with E-state index in [0.717, 1.165) is 8.95 Å². The molecule has 5 nitrogen and oxygen atoms in total. The Hall–Kier alpha value is -1.47. The third-order valence-corrected chi connectivity index (χ3v) is 4.59. The lowest BCUT2D eigenvalue weighted by Gasteiger charge is -2.12. The van der Waals surface area contributed by atoms with Gasteiger partial charge in [0, 0.05) is 15.9 Å². The lowest BCUT2D eigenvalue weighted by molar-refractivity contribution is -0.116. The molecule has 2 aromatic rings. The van der Waals surface area contributed by atoms with Crippen LogP contribution in [-0.2, 0) is 11.3 Å². The van der Waals surface area contributed by atoms with Gasteiger partial charge in [-0.1, -0.05) is 22.0 Å². The van der Waals surface area contributed by atoms with Crippen molar-refractivity contribution < 1.29 is 4.79 Å². The van der Waals surface area contributed by atoms with E-state index in [2.05, 4.69) is 42.2 Å². The molecule has 0 bridgehead atoms. The summed E-state index contributed by atoms with van der Waals surface area (Å²) in [5.74, 6) is -0.282. The highest BCUT2D eigenvalue weighted by molar-refractivity contribution is 9.10. The minimum absolute atomic E-state index is 0.0803. The zero-order valence-electron chi connectivity index (χ0n) is 11.5. The second-order valence-electron chi connectivity index (χ2n) is 4.52. The lowest BCUT2D eigenvalue weighted by atomic mass is 10.3. The van der Waals surface area contributed by atoms with Gasteiger partial charge in [-0.05, 0) is 48.0 Å². The van der Waals surface area contributed by atoms with Gasteiger partial charge in [-0.2, -0.15) is 4.98 Å². The molecule has 0 saturated carbocycles. The summed E-state index contributed by atoms with van der Waals surface area (Å²) in [5.41, 5.74) is 1.52. The summed E-state index contributed by atoms with van der Waals surface area (Å²) in [6.07, 6.45) is 0. The molecule has 0 unspecified atom stereocenters. The van der Waals surface area contributed by atoms with E-state index in [0.29, 0.717) is 17.1 Å². The largest absolute Gasteiger partial charge is 0.348 e. The molecule has 1 aromatic carbocycles. The predicted octanol–water partition coefficient (Wildman–Crippen LogP) is 3.02. The molecule has 1 amide bonds. The summed E-state index contributed by atoms with van der Waals surface area (Å²) in [5, 5.41) is 2.75. The first-order chi connectivity index (χ1) is 9.88. The first kappa shape index (κ1) is 15.9. The number of carbonyl (C=O) groups is 1. The zero-order valence-corrected chi connectivity index (χ0v) is 14.7. The molecule has 0 saturated heterocycles. The summed E-state index contributed by atoms with van der Waals surface area (Å²) < 4.78 is 2.94. The van der Waals surface area contributed by atoms with Gasteiger partial charge in [0.15, 0.2) is 0 Å². The van der Waals surface area contributed by atoms with Gasteiger partial charge >= 0.3 is 5.69 Å². The zero-order chi connectivity index (χ0) is 15.6. The third kappa shape index (κ3) is 3.79. The fraction of sp³-hybridized carbons (Fsp3) is 0.214. The number of nitrogens with zero attached hydrogens (tertiary/aromatic N) is 2. The van der Waals surface area contributed by atoms with Crippen molar-refractivity contribution in [3.63, 3.8) is 0 Å². The molecule has 0 atom stereocenters.